The van der Waals surface area contributed by atoms with Crippen LogP contribution in [0.3, 0.4) is 0 Å². The molecule has 3 aromatic carbocycles. The summed E-state index contributed by atoms with van der Waals surface area (Å²) in [4.78, 5) is 4.83. The molecule has 2 saturated carbocycles. The van der Waals surface area contributed by atoms with Crippen LogP contribution in [-0.4, -0.2) is 64.9 Å². The quantitative estimate of drug-likeness (QED) is 0.111. The van der Waals surface area contributed by atoms with E-state index in [-0.39, 0.29) is 46.9 Å². The van der Waals surface area contributed by atoms with Crippen molar-refractivity contribution in [3.8, 4) is 51.7 Å². The molecular formula is C57H73N3O7. The lowest BCUT2D eigenvalue weighted by atomic mass is 9.62. The van der Waals surface area contributed by atoms with Gasteiger partial charge in [0.2, 0.25) is 0 Å². The highest BCUT2D eigenvalue weighted by Gasteiger charge is 2.50. The molecule has 2 fully saturated rings. The van der Waals surface area contributed by atoms with Crippen LogP contribution in [0, 0.1) is 58.7 Å². The zero-order valence-corrected chi connectivity index (χ0v) is 40.1. The summed E-state index contributed by atoms with van der Waals surface area (Å²) in [7, 11) is 1.72. The van der Waals surface area contributed by atoms with Gasteiger partial charge in [-0.2, -0.15) is 0 Å². The minimum absolute atomic E-state index is 0.0259. The van der Waals surface area contributed by atoms with Crippen molar-refractivity contribution in [3.05, 3.63) is 76.4 Å². The van der Waals surface area contributed by atoms with Crippen LogP contribution in [0.4, 0.5) is 0 Å². The number of methoxy groups -OCH3 is 1. The number of rotatable bonds is 4. The maximum atomic E-state index is 12.3. The zero-order valence-electron chi connectivity index (χ0n) is 40.1. The molecule has 0 aromatic heterocycles. The number of nitrogens with zero attached hydrogens (tertiary/aromatic N) is 1. The van der Waals surface area contributed by atoms with Crippen molar-refractivity contribution in [1.29, 1.82) is 0 Å². The SMILES string of the molecule is CC[C@H]1C[C@H]2C=C[C@@H]1C[C@H](O)C[C@@H]1CC#C[C@H]3CC[C@]4(CCC[C@@H](Oc5cc(ccc5O)[C@@H]5Oc6cc(OC)c7c(c6C[C@H]5O)[C@H]2Cc2cc(O)c(CC(C)C)cc2-7)[C@@H]4CCNC(N)=NC1)C3. The van der Waals surface area contributed by atoms with Crippen molar-refractivity contribution in [2.45, 2.75) is 147 Å². The Bertz CT molecular complexity index is 2450. The number of fused-ring (bicyclic) bond motifs is 2. The van der Waals surface area contributed by atoms with Gasteiger partial charge in [-0.3, -0.25) is 4.99 Å². The summed E-state index contributed by atoms with van der Waals surface area (Å²) in [6.07, 6.45) is 15.4. The summed E-state index contributed by atoms with van der Waals surface area (Å²) < 4.78 is 20.3. The van der Waals surface area contributed by atoms with Crippen molar-refractivity contribution < 1.29 is 34.6 Å². The van der Waals surface area contributed by atoms with Gasteiger partial charge in [-0.25, -0.2) is 0 Å². The van der Waals surface area contributed by atoms with Gasteiger partial charge in [0.05, 0.1) is 19.3 Å². The van der Waals surface area contributed by atoms with Crippen molar-refractivity contribution in [2.75, 3.05) is 20.2 Å². The molecule has 0 saturated heterocycles. The molecule has 358 valence electrons. The molecule has 7 N–H and O–H groups in total. The van der Waals surface area contributed by atoms with Gasteiger partial charge in [0.25, 0.3) is 0 Å². The zero-order chi connectivity index (χ0) is 46.6. The topological polar surface area (TPSA) is 159 Å². The lowest BCUT2D eigenvalue weighted by Gasteiger charge is -2.46. The van der Waals surface area contributed by atoms with Gasteiger partial charge in [-0.15, -0.1) is 5.92 Å². The molecule has 10 heterocycles. The molecule has 67 heavy (non-hydrogen) atoms. The van der Waals surface area contributed by atoms with E-state index in [4.69, 9.17) is 24.9 Å². The first-order valence-corrected chi connectivity index (χ1v) is 25.7. The first-order chi connectivity index (χ1) is 32.4. The van der Waals surface area contributed by atoms with Gasteiger partial charge in [0.15, 0.2) is 17.5 Å². The third kappa shape index (κ3) is 9.00. The van der Waals surface area contributed by atoms with E-state index < -0.39 is 18.3 Å². The van der Waals surface area contributed by atoms with Crippen molar-refractivity contribution in [2.24, 2.45) is 57.6 Å². The molecule has 10 nitrogen and oxygen atoms in total. The number of hydrogen-bond acceptors (Lipinski definition) is 10. The van der Waals surface area contributed by atoms with Crippen molar-refractivity contribution >= 4 is 5.96 Å². The molecule has 0 amide bonds. The fraction of sp³-hybridized carbons (Fsp3) is 0.596. The fourth-order valence-corrected chi connectivity index (χ4v) is 14.0. The largest absolute Gasteiger partial charge is 0.508 e. The number of phenols is 2. The number of nitrogens with two attached hydrogens (primary N) is 1. The summed E-state index contributed by atoms with van der Waals surface area (Å²) in [6.45, 7) is 7.78. The number of phenolic OH excluding ortho intramolecular Hbond substituents is 2. The van der Waals surface area contributed by atoms with Gasteiger partial charge < -0.3 is 45.7 Å². The molecular weight excluding hydrogens is 839 g/mol. The first-order valence-electron chi connectivity index (χ1n) is 25.7. The number of aliphatic hydroxyl groups excluding tert-OH is 2. The third-order valence-electron chi connectivity index (χ3n) is 17.2. The molecule has 14 aliphatic rings. The molecule has 3 aromatic rings. The van der Waals surface area contributed by atoms with E-state index in [2.05, 4.69) is 56.1 Å². The molecule has 0 unspecified atom stereocenters. The molecule has 1 spiro atoms. The van der Waals surface area contributed by atoms with E-state index in [1.165, 1.54) is 0 Å². The van der Waals surface area contributed by atoms with Crippen LogP contribution in [0.25, 0.3) is 11.1 Å². The number of aromatic hydroxyl groups is 2. The van der Waals surface area contributed by atoms with Crippen LogP contribution in [0.1, 0.15) is 138 Å². The highest BCUT2D eigenvalue weighted by molar-refractivity contribution is 5.84. The molecule has 0 radical (unpaired) electrons. The normalized spacial score (nSPS) is 33.4. The Labute approximate surface area is 397 Å². The first kappa shape index (κ1) is 45.9. The molecule has 17 rings (SSSR count). The minimum Gasteiger partial charge on any atom is -0.508 e. The number of allylic oxidation sites excluding steroid dienone is 2. The van der Waals surface area contributed by atoms with E-state index in [1.807, 2.05) is 24.3 Å². The van der Waals surface area contributed by atoms with Crippen molar-refractivity contribution in [1.82, 2.24) is 5.32 Å². The van der Waals surface area contributed by atoms with E-state index >= 15 is 0 Å². The second-order valence-electron chi connectivity index (χ2n) is 22.0. The smallest absolute Gasteiger partial charge is 0.188 e. The summed E-state index contributed by atoms with van der Waals surface area (Å²) in [5.41, 5.74) is 13.6. The van der Waals surface area contributed by atoms with Crippen LogP contribution < -0.4 is 25.3 Å². The standard InChI is InChI=1S/C57H73N3O7/c1-5-35-22-37-12-11-36(35)23-41(61)21-34-9-6-8-33-15-18-57(30-33)17-7-10-49(45(57)16-19-59-56(58)60-31-34)66-51-27-38(13-14-46(51)62)55-48(64)28-44-50(67-55)29-52(65-4)54-43-25-40(20-32(2)3)47(63)26-39(43)24-42(37)53(44)54/h11-14,25-27,29,32-37,41-42,45,48-49,55,61-64H,5,7,9-10,15-24,28,30-31H2,1-4H3,(H3,58,59,60)/t33-,34-,35-,36+,37+,41+,42-,45-,48+,49+,55-,57+/m0/s1. The van der Waals surface area contributed by atoms with E-state index in [1.54, 1.807) is 13.2 Å². The summed E-state index contributed by atoms with van der Waals surface area (Å²) in [5.74, 6) is 11.7. The molecule has 10 heteroatoms. The predicted octanol–water partition coefficient (Wildman–Crippen LogP) is 9.67. The Balaban J connectivity index is 1.10. The maximum absolute atomic E-state index is 12.3. The number of nitrogens with one attached hydrogen (secondary N) is 1. The van der Waals surface area contributed by atoms with Crippen LogP contribution in [0.5, 0.6) is 28.7 Å². The van der Waals surface area contributed by atoms with Gasteiger partial charge in [-0.05, 0) is 170 Å². The van der Waals surface area contributed by atoms with Gasteiger partial charge in [-0.1, -0.05) is 51.3 Å². The lowest BCUT2D eigenvalue weighted by Crippen LogP contribution is -2.45. The average molecular weight is 912 g/mol. The second-order valence-corrected chi connectivity index (χ2v) is 22.0. The summed E-state index contributed by atoms with van der Waals surface area (Å²) in [5, 5.41) is 50.5. The van der Waals surface area contributed by atoms with Gasteiger partial charge in [0.1, 0.15) is 29.5 Å². The summed E-state index contributed by atoms with van der Waals surface area (Å²) >= 11 is 0. The Morgan fingerprint density at radius 1 is 0.955 bits per heavy atom. The number of aliphatic hydroxyl groups is 2. The number of ether oxygens (including phenoxy) is 3. The van der Waals surface area contributed by atoms with Crippen molar-refractivity contribution in [3.63, 3.8) is 0 Å². The third-order valence-corrected chi connectivity index (χ3v) is 17.2. The van der Waals surface area contributed by atoms with E-state index in [0.717, 1.165) is 110 Å². The van der Waals surface area contributed by atoms with Crippen LogP contribution in [0.15, 0.2) is 53.5 Å². The second kappa shape index (κ2) is 18.9. The van der Waals surface area contributed by atoms with Crippen LogP contribution >= 0.6 is 0 Å². The Morgan fingerprint density at radius 2 is 1.81 bits per heavy atom. The average Bonchev–Trinajstić information content (AvgIpc) is 3.71. The van der Waals surface area contributed by atoms with Crippen LogP contribution in [-0.2, 0) is 19.3 Å². The molecule has 13 bridgehead atoms. The highest BCUT2D eigenvalue weighted by atomic mass is 16.5. The number of aliphatic imine (C=N–C) groups is 1. The fourth-order valence-electron chi connectivity index (χ4n) is 14.0. The molecule has 12 atom stereocenters. The predicted molar refractivity (Wildman–Crippen MR) is 263 cm³/mol. The Kier molecular flexibility index (Phi) is 13.0. The Hall–Kier alpha value is -4.85. The van der Waals surface area contributed by atoms with Gasteiger partial charge >= 0.3 is 0 Å². The molecule has 4 aliphatic carbocycles. The lowest BCUT2D eigenvalue weighted by molar-refractivity contribution is -0.0166. The molecule has 10 aliphatic heterocycles. The van der Waals surface area contributed by atoms with Crippen LogP contribution in [0.2, 0.25) is 0 Å². The number of guanidine groups is 1. The van der Waals surface area contributed by atoms with Gasteiger partial charge in [0, 0.05) is 55.0 Å². The number of hydrogen-bond donors (Lipinski definition) is 6. The van der Waals surface area contributed by atoms with E-state index in [9.17, 15) is 20.4 Å². The van der Waals surface area contributed by atoms with E-state index in [0.29, 0.717) is 85.5 Å². The maximum Gasteiger partial charge on any atom is 0.188 e. The highest BCUT2D eigenvalue weighted by Crippen LogP contribution is 2.58. The monoisotopic (exact) mass is 912 g/mol. The summed E-state index contributed by atoms with van der Waals surface area (Å²) in [6, 6.07) is 11.6. The Morgan fingerprint density at radius 3 is 2.63 bits per heavy atom. The number of benzene rings is 3. The minimum atomic E-state index is -0.877.